The van der Waals surface area contributed by atoms with E-state index in [9.17, 15) is 21.2 Å². The molecule has 0 aliphatic carbocycles. The van der Waals surface area contributed by atoms with E-state index in [1.54, 1.807) is 0 Å². The van der Waals surface area contributed by atoms with E-state index in [4.69, 9.17) is 5.73 Å². The van der Waals surface area contributed by atoms with Gasteiger partial charge in [-0.1, -0.05) is 18.2 Å². The number of halogens is 1. The van der Waals surface area contributed by atoms with Crippen LogP contribution in [0.1, 0.15) is 11.1 Å². The summed E-state index contributed by atoms with van der Waals surface area (Å²) in [6.45, 7) is -0.0247. The predicted octanol–water partition coefficient (Wildman–Crippen LogP) is 0.244. The SMILES string of the molecule is CS(=O)(=O)CCS(=O)(=O)Cc1cccc(CN)c1F. The maximum Gasteiger partial charge on any atom is 0.155 e. The van der Waals surface area contributed by atoms with Crippen LogP contribution in [-0.4, -0.2) is 34.6 Å². The van der Waals surface area contributed by atoms with Gasteiger partial charge in [-0.25, -0.2) is 21.2 Å². The van der Waals surface area contributed by atoms with Gasteiger partial charge < -0.3 is 5.73 Å². The lowest BCUT2D eigenvalue weighted by atomic mass is 10.1. The second-order valence-electron chi connectivity index (χ2n) is 4.32. The second-order valence-corrected chi connectivity index (χ2v) is 8.76. The van der Waals surface area contributed by atoms with Crippen LogP contribution < -0.4 is 5.73 Å². The molecule has 5 nitrogen and oxygen atoms in total. The molecular weight excluding hydrogens is 293 g/mol. The predicted molar refractivity (Wildman–Crippen MR) is 71.5 cm³/mol. The highest BCUT2D eigenvalue weighted by Gasteiger charge is 2.18. The van der Waals surface area contributed by atoms with E-state index in [1.807, 2.05) is 0 Å². The van der Waals surface area contributed by atoms with Crippen LogP contribution in [0.2, 0.25) is 0 Å². The zero-order valence-electron chi connectivity index (χ0n) is 10.5. The van der Waals surface area contributed by atoms with Crippen molar-refractivity contribution < 1.29 is 21.2 Å². The fourth-order valence-electron chi connectivity index (χ4n) is 1.49. The lowest BCUT2D eigenvalue weighted by Crippen LogP contribution is -2.18. The molecule has 19 heavy (non-hydrogen) atoms. The number of hydrogen-bond acceptors (Lipinski definition) is 5. The van der Waals surface area contributed by atoms with Crippen LogP contribution in [0.5, 0.6) is 0 Å². The quantitative estimate of drug-likeness (QED) is 0.812. The molecule has 0 bridgehead atoms. The van der Waals surface area contributed by atoms with E-state index < -0.39 is 42.8 Å². The highest BCUT2D eigenvalue weighted by Crippen LogP contribution is 2.15. The van der Waals surface area contributed by atoms with E-state index in [1.165, 1.54) is 18.2 Å². The lowest BCUT2D eigenvalue weighted by molar-refractivity contribution is 0.580. The van der Waals surface area contributed by atoms with E-state index >= 15 is 0 Å². The van der Waals surface area contributed by atoms with Gasteiger partial charge in [0, 0.05) is 23.9 Å². The van der Waals surface area contributed by atoms with Crippen molar-refractivity contribution in [2.75, 3.05) is 17.8 Å². The molecule has 1 aromatic rings. The van der Waals surface area contributed by atoms with Crippen LogP contribution in [0.15, 0.2) is 18.2 Å². The third-order valence-corrected chi connectivity index (χ3v) is 5.30. The monoisotopic (exact) mass is 309 g/mol. The topological polar surface area (TPSA) is 94.3 Å². The Balaban J connectivity index is 2.90. The highest BCUT2D eigenvalue weighted by atomic mass is 32.2. The molecule has 0 atom stereocenters. The van der Waals surface area contributed by atoms with Gasteiger partial charge in [-0.15, -0.1) is 0 Å². The minimum Gasteiger partial charge on any atom is -0.326 e. The summed E-state index contributed by atoms with van der Waals surface area (Å²) in [7, 11) is -7.04. The van der Waals surface area contributed by atoms with Crippen molar-refractivity contribution in [3.63, 3.8) is 0 Å². The minimum absolute atomic E-state index is 0.0106. The molecule has 0 aliphatic rings. The summed E-state index contributed by atoms with van der Waals surface area (Å²) in [6, 6.07) is 4.35. The van der Waals surface area contributed by atoms with Crippen molar-refractivity contribution in [2.45, 2.75) is 12.3 Å². The number of rotatable bonds is 6. The summed E-state index contributed by atoms with van der Waals surface area (Å²) >= 11 is 0. The summed E-state index contributed by atoms with van der Waals surface area (Å²) in [4.78, 5) is 0. The van der Waals surface area contributed by atoms with Gasteiger partial charge in [-0.2, -0.15) is 0 Å². The van der Waals surface area contributed by atoms with Crippen LogP contribution in [0, 0.1) is 5.82 Å². The standard InChI is InChI=1S/C11H16FNO4S2/c1-18(14,15)5-6-19(16,17)8-10-4-2-3-9(7-13)11(10)12/h2-4H,5-8,13H2,1H3. The maximum atomic E-state index is 13.8. The van der Waals surface area contributed by atoms with E-state index in [0.717, 1.165) is 6.26 Å². The number of benzene rings is 1. The normalized spacial score (nSPS) is 12.6. The smallest absolute Gasteiger partial charge is 0.155 e. The van der Waals surface area contributed by atoms with Crippen molar-refractivity contribution in [3.8, 4) is 0 Å². The molecule has 1 rings (SSSR count). The van der Waals surface area contributed by atoms with Crippen molar-refractivity contribution in [1.29, 1.82) is 0 Å². The summed E-state index contributed by atoms with van der Waals surface area (Å²) in [5.74, 6) is -2.15. The fraction of sp³-hybridized carbons (Fsp3) is 0.455. The molecule has 0 unspecified atom stereocenters. The maximum absolute atomic E-state index is 13.8. The first-order chi connectivity index (χ1) is 8.64. The molecular formula is C11H16FNO4S2. The van der Waals surface area contributed by atoms with Gasteiger partial charge in [-0.3, -0.25) is 0 Å². The molecule has 8 heteroatoms. The first kappa shape index (κ1) is 16.1. The van der Waals surface area contributed by atoms with Crippen LogP contribution in [-0.2, 0) is 32.0 Å². The zero-order chi connectivity index (χ0) is 14.7. The number of sulfone groups is 2. The van der Waals surface area contributed by atoms with E-state index in [2.05, 4.69) is 0 Å². The third kappa shape index (κ3) is 5.25. The van der Waals surface area contributed by atoms with Gasteiger partial charge in [0.2, 0.25) is 0 Å². The van der Waals surface area contributed by atoms with Crippen LogP contribution in [0.3, 0.4) is 0 Å². The van der Waals surface area contributed by atoms with Gasteiger partial charge in [0.25, 0.3) is 0 Å². The Morgan fingerprint density at radius 2 is 1.68 bits per heavy atom. The van der Waals surface area contributed by atoms with Crippen molar-refractivity contribution >= 4 is 19.7 Å². The lowest BCUT2D eigenvalue weighted by Gasteiger charge is -2.07. The van der Waals surface area contributed by atoms with Gasteiger partial charge >= 0.3 is 0 Å². The first-order valence-corrected chi connectivity index (χ1v) is 9.37. The molecule has 0 aromatic heterocycles. The summed E-state index contributed by atoms with van der Waals surface area (Å²) in [6.07, 6.45) is 0.956. The average molecular weight is 309 g/mol. The Morgan fingerprint density at radius 3 is 2.21 bits per heavy atom. The van der Waals surface area contributed by atoms with Crippen molar-refractivity contribution in [2.24, 2.45) is 5.73 Å². The Hall–Kier alpha value is -0.990. The molecule has 0 saturated carbocycles. The summed E-state index contributed by atoms with van der Waals surface area (Å²) < 4.78 is 59.2. The first-order valence-electron chi connectivity index (χ1n) is 5.49. The van der Waals surface area contributed by atoms with Crippen LogP contribution in [0.25, 0.3) is 0 Å². The molecule has 0 radical (unpaired) electrons. The van der Waals surface area contributed by atoms with Gasteiger partial charge in [-0.05, 0) is 0 Å². The average Bonchev–Trinajstić information content (AvgIpc) is 2.29. The Kier molecular flexibility index (Phi) is 5.05. The van der Waals surface area contributed by atoms with Gasteiger partial charge in [0.1, 0.15) is 15.7 Å². The van der Waals surface area contributed by atoms with Crippen LogP contribution in [0.4, 0.5) is 4.39 Å². The largest absolute Gasteiger partial charge is 0.326 e. The molecule has 0 aliphatic heterocycles. The van der Waals surface area contributed by atoms with Gasteiger partial charge in [0.05, 0.1) is 17.3 Å². The Bertz CT molecular complexity index is 653. The Morgan fingerprint density at radius 1 is 1.11 bits per heavy atom. The molecule has 2 N–H and O–H groups in total. The Labute approximate surface area is 112 Å². The minimum atomic E-state index is -3.68. The van der Waals surface area contributed by atoms with E-state index in [-0.39, 0.29) is 17.7 Å². The molecule has 0 fully saturated rings. The second kappa shape index (κ2) is 5.98. The van der Waals surface area contributed by atoms with Crippen molar-refractivity contribution in [1.82, 2.24) is 0 Å². The highest BCUT2D eigenvalue weighted by molar-refractivity contribution is 7.94. The summed E-state index contributed by atoms with van der Waals surface area (Å²) in [5.41, 5.74) is 5.57. The van der Waals surface area contributed by atoms with Crippen LogP contribution >= 0.6 is 0 Å². The number of hydrogen-bond donors (Lipinski definition) is 1. The molecule has 0 heterocycles. The zero-order valence-corrected chi connectivity index (χ0v) is 12.1. The van der Waals surface area contributed by atoms with Gasteiger partial charge in [0.15, 0.2) is 9.84 Å². The third-order valence-electron chi connectivity index (χ3n) is 2.52. The molecule has 0 amide bonds. The number of nitrogens with two attached hydrogens (primary N) is 1. The summed E-state index contributed by atoms with van der Waals surface area (Å²) in [5, 5.41) is 0. The van der Waals surface area contributed by atoms with E-state index in [0.29, 0.717) is 0 Å². The fourth-order valence-corrected chi connectivity index (χ4v) is 4.56. The molecule has 0 spiro atoms. The molecule has 108 valence electrons. The van der Waals surface area contributed by atoms with Crippen molar-refractivity contribution in [3.05, 3.63) is 35.1 Å². The molecule has 1 aromatic carbocycles. The molecule has 0 saturated heterocycles.